The van der Waals surface area contributed by atoms with Gasteiger partial charge in [0.1, 0.15) is 0 Å². The molecule has 0 aliphatic carbocycles. The normalized spacial score (nSPS) is 11.4. The van der Waals surface area contributed by atoms with Crippen LogP contribution in [0.15, 0.2) is 47.5 Å². The molecule has 0 amide bonds. The van der Waals surface area contributed by atoms with Crippen LogP contribution < -0.4 is 0 Å². The molecule has 0 unspecified atom stereocenters. The van der Waals surface area contributed by atoms with E-state index >= 15 is 0 Å². The number of carbonyl (C=O) groups excluding carboxylic acids is 1. The van der Waals surface area contributed by atoms with E-state index in [1.807, 2.05) is 31.2 Å². The van der Waals surface area contributed by atoms with E-state index in [0.29, 0.717) is 12.0 Å². The van der Waals surface area contributed by atoms with Crippen LogP contribution in [0.1, 0.15) is 26.4 Å². The van der Waals surface area contributed by atoms with Crippen LogP contribution in [-0.2, 0) is 11.2 Å². The van der Waals surface area contributed by atoms with Gasteiger partial charge in [-0.3, -0.25) is 4.79 Å². The highest BCUT2D eigenvalue weighted by atomic mass is 32.1. The minimum Gasteiger partial charge on any atom is -0.502 e. The van der Waals surface area contributed by atoms with Crippen molar-refractivity contribution in [3.63, 3.8) is 0 Å². The van der Waals surface area contributed by atoms with E-state index in [-0.39, 0.29) is 0 Å². The Bertz CT molecular complexity index is 695. The summed E-state index contributed by atoms with van der Waals surface area (Å²) in [5.74, 6) is -2.97. The van der Waals surface area contributed by atoms with E-state index in [1.165, 1.54) is 11.3 Å². The predicted octanol–water partition coefficient (Wildman–Crippen LogP) is 3.36. The maximum Gasteiger partial charge on any atom is 0.371 e. The lowest BCUT2D eigenvalue weighted by Gasteiger charge is -2.03. The van der Waals surface area contributed by atoms with E-state index in [4.69, 9.17) is 10.2 Å². The Morgan fingerprint density at radius 3 is 2.43 bits per heavy atom. The molecule has 2 rings (SSSR count). The number of hydrogen-bond donors (Lipinski definition) is 2. The van der Waals surface area contributed by atoms with Gasteiger partial charge in [0.2, 0.25) is 5.76 Å². The minimum atomic E-state index is -1.52. The quantitative estimate of drug-likeness (QED) is 0.504. The van der Waals surface area contributed by atoms with E-state index < -0.39 is 17.5 Å². The van der Waals surface area contributed by atoms with Gasteiger partial charge in [-0.05, 0) is 23.9 Å². The maximum atomic E-state index is 12.0. The Labute approximate surface area is 126 Å². The zero-order chi connectivity index (χ0) is 15.4. The zero-order valence-electron chi connectivity index (χ0n) is 11.4. The van der Waals surface area contributed by atoms with Gasteiger partial charge in [-0.2, -0.15) is 0 Å². The van der Waals surface area contributed by atoms with Crippen molar-refractivity contribution >= 4 is 23.1 Å². The Hall–Kier alpha value is -2.40. The number of ketones is 1. The molecule has 0 saturated carbocycles. The van der Waals surface area contributed by atoms with Gasteiger partial charge in [0.15, 0.2) is 5.78 Å². The number of aryl methyl sites for hydroxylation is 1. The number of carbonyl (C=O) groups is 2. The number of carboxylic acids is 1. The van der Waals surface area contributed by atoms with Crippen LogP contribution in [0.4, 0.5) is 0 Å². The highest BCUT2D eigenvalue weighted by Crippen LogP contribution is 2.22. The number of thiophene rings is 1. The summed E-state index contributed by atoms with van der Waals surface area (Å²) in [5, 5.41) is 19.5. The summed E-state index contributed by atoms with van der Waals surface area (Å²) in [6.45, 7) is 2.00. The summed E-state index contributed by atoms with van der Waals surface area (Å²) in [7, 11) is 0. The average molecular weight is 302 g/mol. The predicted molar refractivity (Wildman–Crippen MR) is 81.0 cm³/mol. The van der Waals surface area contributed by atoms with Crippen molar-refractivity contribution in [2.24, 2.45) is 0 Å². The van der Waals surface area contributed by atoms with Gasteiger partial charge < -0.3 is 10.2 Å². The second kappa shape index (κ2) is 6.37. The van der Waals surface area contributed by atoms with E-state index in [0.717, 1.165) is 22.1 Å². The lowest BCUT2D eigenvalue weighted by molar-refractivity contribution is -0.135. The Morgan fingerprint density at radius 2 is 1.81 bits per heavy atom. The summed E-state index contributed by atoms with van der Waals surface area (Å²) in [4.78, 5) is 23.4. The van der Waals surface area contributed by atoms with Crippen LogP contribution in [0.3, 0.4) is 0 Å². The van der Waals surface area contributed by atoms with E-state index in [2.05, 4.69) is 0 Å². The molecule has 0 aliphatic heterocycles. The Morgan fingerprint density at radius 1 is 1.14 bits per heavy atom. The molecule has 108 valence electrons. The number of benzene rings is 1. The fourth-order valence-electron chi connectivity index (χ4n) is 1.85. The molecule has 0 bridgehead atoms. The molecular weight excluding hydrogens is 288 g/mol. The van der Waals surface area contributed by atoms with Crippen molar-refractivity contribution in [2.45, 2.75) is 13.3 Å². The summed E-state index contributed by atoms with van der Waals surface area (Å²) in [5.41, 5.74) is 2.66. The van der Waals surface area contributed by atoms with Crippen LogP contribution in [0.5, 0.6) is 0 Å². The lowest BCUT2D eigenvalue weighted by Crippen LogP contribution is -2.04. The van der Waals surface area contributed by atoms with E-state index in [1.54, 1.807) is 11.4 Å². The minimum absolute atomic E-state index is 0.424. The molecule has 4 nitrogen and oxygen atoms in total. The molecular formula is C16H14O4S. The molecule has 0 spiro atoms. The first-order valence-corrected chi connectivity index (χ1v) is 7.15. The van der Waals surface area contributed by atoms with Crippen molar-refractivity contribution < 1.29 is 19.8 Å². The van der Waals surface area contributed by atoms with Crippen LogP contribution in [-0.4, -0.2) is 22.0 Å². The lowest BCUT2D eigenvalue weighted by atomic mass is 10.0. The van der Waals surface area contributed by atoms with Gasteiger partial charge in [0.05, 0.1) is 0 Å². The molecule has 0 fully saturated rings. The van der Waals surface area contributed by atoms with Crippen LogP contribution >= 0.6 is 11.3 Å². The highest BCUT2D eigenvalue weighted by molar-refractivity contribution is 7.10. The topological polar surface area (TPSA) is 74.6 Å². The third-order valence-corrected chi connectivity index (χ3v) is 3.90. The summed E-state index contributed by atoms with van der Waals surface area (Å²) in [6.07, 6.45) is 1.34. The van der Waals surface area contributed by atoms with Crippen molar-refractivity contribution in [2.75, 3.05) is 0 Å². The number of rotatable bonds is 5. The highest BCUT2D eigenvalue weighted by Gasteiger charge is 2.14. The van der Waals surface area contributed by atoms with Gasteiger partial charge in [0, 0.05) is 22.9 Å². The number of hydrogen-bond acceptors (Lipinski definition) is 4. The number of carboxylic acid groups (broad SMARTS) is 1. The molecule has 0 saturated heterocycles. The van der Waals surface area contributed by atoms with Crippen molar-refractivity contribution in [1.82, 2.24) is 0 Å². The second-order valence-electron chi connectivity index (χ2n) is 4.62. The van der Waals surface area contributed by atoms with Gasteiger partial charge in [-0.1, -0.05) is 29.8 Å². The molecule has 0 aliphatic rings. The Balaban J connectivity index is 2.22. The average Bonchev–Trinajstić information content (AvgIpc) is 2.89. The largest absolute Gasteiger partial charge is 0.502 e. The zero-order valence-corrected chi connectivity index (χ0v) is 12.2. The van der Waals surface area contributed by atoms with Gasteiger partial charge >= 0.3 is 5.97 Å². The third-order valence-electron chi connectivity index (χ3n) is 2.98. The number of aliphatic hydroxyl groups is 1. The van der Waals surface area contributed by atoms with E-state index in [9.17, 15) is 9.59 Å². The summed E-state index contributed by atoms with van der Waals surface area (Å²) < 4.78 is 0. The van der Waals surface area contributed by atoms with Gasteiger partial charge in [-0.15, -0.1) is 11.3 Å². The SMILES string of the molecule is Cc1ccc(Cc2sccc2C(=O)/C=C(\O)C(=O)O)cc1. The van der Waals surface area contributed by atoms with Gasteiger partial charge in [0.25, 0.3) is 0 Å². The molecule has 2 N–H and O–H groups in total. The maximum absolute atomic E-state index is 12.0. The number of allylic oxidation sites excluding steroid dienone is 1. The van der Waals surface area contributed by atoms with Crippen molar-refractivity contribution in [3.8, 4) is 0 Å². The summed E-state index contributed by atoms with van der Waals surface area (Å²) in [6, 6.07) is 9.63. The van der Waals surface area contributed by atoms with Crippen molar-refractivity contribution in [3.05, 3.63) is 69.1 Å². The number of aliphatic carboxylic acids is 1. The molecule has 1 aromatic carbocycles. The molecule has 5 heteroatoms. The molecule has 0 radical (unpaired) electrons. The van der Waals surface area contributed by atoms with Crippen molar-refractivity contribution in [1.29, 1.82) is 0 Å². The molecule has 21 heavy (non-hydrogen) atoms. The Kier molecular flexibility index (Phi) is 4.55. The standard InChI is InChI=1S/C16H14O4S/c1-10-2-4-11(5-3-10)8-15-12(6-7-21-15)13(17)9-14(18)16(19)20/h2-7,9,18H,8H2,1H3,(H,19,20)/b14-9-. The molecule has 1 aromatic heterocycles. The summed E-state index contributed by atoms with van der Waals surface area (Å²) >= 11 is 1.43. The first kappa shape index (κ1) is 15.0. The first-order chi connectivity index (χ1) is 9.97. The molecule has 2 aromatic rings. The first-order valence-electron chi connectivity index (χ1n) is 6.27. The molecule has 1 heterocycles. The van der Waals surface area contributed by atoms with Crippen LogP contribution in [0, 0.1) is 6.92 Å². The van der Waals surface area contributed by atoms with Gasteiger partial charge in [-0.25, -0.2) is 4.79 Å². The monoisotopic (exact) mass is 302 g/mol. The van der Waals surface area contributed by atoms with Crippen LogP contribution in [0.2, 0.25) is 0 Å². The number of aliphatic hydroxyl groups excluding tert-OH is 1. The fourth-order valence-corrected chi connectivity index (χ4v) is 2.77. The fraction of sp³-hybridized carbons (Fsp3) is 0.125. The smallest absolute Gasteiger partial charge is 0.371 e. The second-order valence-corrected chi connectivity index (χ2v) is 5.62. The third kappa shape index (κ3) is 3.79. The van der Waals surface area contributed by atoms with Crippen LogP contribution in [0.25, 0.3) is 0 Å². The molecule has 0 atom stereocenters.